The summed E-state index contributed by atoms with van der Waals surface area (Å²) in [6, 6.07) is 0.304. The number of carboxylic acid groups (broad SMARTS) is 1. The first kappa shape index (κ1) is 11.3. The van der Waals surface area contributed by atoms with Gasteiger partial charge >= 0.3 is 5.97 Å². The molecule has 0 aromatic heterocycles. The molecular formula is C9H12N2O4S. The van der Waals surface area contributed by atoms with Crippen LogP contribution in [0.25, 0.3) is 0 Å². The average molecular weight is 244 g/mol. The number of hydrogen-bond acceptors (Lipinski definition) is 4. The Balaban J connectivity index is 2.14. The highest BCUT2D eigenvalue weighted by molar-refractivity contribution is 7.94. The van der Waals surface area contributed by atoms with E-state index in [0.29, 0.717) is 6.04 Å². The van der Waals surface area contributed by atoms with E-state index in [2.05, 4.69) is 9.71 Å². The van der Waals surface area contributed by atoms with E-state index in [0.717, 1.165) is 25.5 Å². The second-order valence-corrected chi connectivity index (χ2v) is 5.51. The Labute approximate surface area is 93.1 Å². The van der Waals surface area contributed by atoms with E-state index >= 15 is 0 Å². The molecule has 0 saturated heterocycles. The monoisotopic (exact) mass is 244 g/mol. The fourth-order valence-corrected chi connectivity index (χ4v) is 2.66. The Hall–Kier alpha value is -1.21. The third kappa shape index (κ3) is 2.00. The average Bonchev–Trinajstić information content (AvgIpc) is 2.39. The van der Waals surface area contributed by atoms with Crippen LogP contribution in [-0.2, 0) is 14.8 Å². The third-order valence-electron chi connectivity index (χ3n) is 2.82. The van der Waals surface area contributed by atoms with Gasteiger partial charge in [0.1, 0.15) is 0 Å². The van der Waals surface area contributed by atoms with Crippen LogP contribution in [0.15, 0.2) is 14.9 Å². The summed E-state index contributed by atoms with van der Waals surface area (Å²) in [5.41, 5.74) is -0.230. The molecule has 16 heavy (non-hydrogen) atoms. The van der Waals surface area contributed by atoms with Crippen molar-refractivity contribution in [1.29, 1.82) is 0 Å². The van der Waals surface area contributed by atoms with Crippen molar-refractivity contribution in [3.05, 3.63) is 10.5 Å². The normalized spacial score (nSPS) is 23.5. The summed E-state index contributed by atoms with van der Waals surface area (Å²) in [6.07, 6.45) is 4.05. The molecule has 0 atom stereocenters. The molecule has 1 heterocycles. The smallest absolute Gasteiger partial charge is 0.338 e. The highest BCUT2D eigenvalue weighted by atomic mass is 32.2. The lowest BCUT2D eigenvalue weighted by Gasteiger charge is -2.26. The standard InChI is InChI=1S/C9H12N2O4S/c12-9(13)7-4-11-16(14,15)8(7)5-10-6-2-1-3-6/h4,6,10H,1-3,5H2,(H,12,13). The predicted molar refractivity (Wildman–Crippen MR) is 57.7 cm³/mol. The maximum absolute atomic E-state index is 11.4. The number of rotatable bonds is 4. The largest absolute Gasteiger partial charge is 0.478 e. The van der Waals surface area contributed by atoms with E-state index in [-0.39, 0.29) is 17.0 Å². The van der Waals surface area contributed by atoms with Crippen LogP contribution in [-0.4, -0.2) is 38.3 Å². The van der Waals surface area contributed by atoms with E-state index < -0.39 is 16.0 Å². The number of aliphatic carboxylic acids is 1. The molecule has 7 heteroatoms. The van der Waals surface area contributed by atoms with Crippen LogP contribution in [0.5, 0.6) is 0 Å². The molecule has 0 aromatic rings. The number of carbonyl (C=O) groups is 1. The van der Waals surface area contributed by atoms with Crippen molar-refractivity contribution in [2.45, 2.75) is 25.3 Å². The second-order valence-electron chi connectivity index (χ2n) is 3.86. The minimum absolute atomic E-state index is 0.0502. The van der Waals surface area contributed by atoms with Gasteiger partial charge in [-0.25, -0.2) is 4.79 Å². The topological polar surface area (TPSA) is 95.8 Å². The van der Waals surface area contributed by atoms with Gasteiger partial charge in [-0.2, -0.15) is 12.8 Å². The van der Waals surface area contributed by atoms with Gasteiger partial charge in [-0.15, -0.1) is 0 Å². The Morgan fingerprint density at radius 2 is 2.25 bits per heavy atom. The first-order valence-corrected chi connectivity index (χ1v) is 6.45. The van der Waals surface area contributed by atoms with Crippen molar-refractivity contribution in [2.24, 2.45) is 4.40 Å². The summed E-state index contributed by atoms with van der Waals surface area (Å²) in [5.74, 6) is -1.25. The zero-order valence-corrected chi connectivity index (χ0v) is 9.33. The summed E-state index contributed by atoms with van der Waals surface area (Å²) in [5, 5.41) is 11.8. The lowest BCUT2D eigenvalue weighted by atomic mass is 9.93. The predicted octanol–water partition coefficient (Wildman–Crippen LogP) is -0.119. The number of sulfonamides is 1. The molecule has 2 rings (SSSR count). The fraction of sp³-hybridized carbons (Fsp3) is 0.556. The first-order chi connectivity index (χ1) is 7.50. The molecule has 2 aliphatic rings. The number of nitrogens with zero attached hydrogens (tertiary/aromatic N) is 1. The van der Waals surface area contributed by atoms with Gasteiger partial charge in [0.2, 0.25) is 0 Å². The number of carboxylic acids is 1. The summed E-state index contributed by atoms with van der Waals surface area (Å²) in [6.45, 7) is 0.0502. The van der Waals surface area contributed by atoms with Crippen molar-refractivity contribution >= 4 is 22.2 Å². The Morgan fingerprint density at radius 3 is 2.75 bits per heavy atom. The summed E-state index contributed by atoms with van der Waals surface area (Å²) in [7, 11) is -3.76. The van der Waals surface area contributed by atoms with E-state index in [1.165, 1.54) is 0 Å². The molecule has 1 aliphatic heterocycles. The van der Waals surface area contributed by atoms with E-state index in [1.807, 2.05) is 0 Å². The van der Waals surface area contributed by atoms with Gasteiger partial charge < -0.3 is 10.4 Å². The van der Waals surface area contributed by atoms with Gasteiger partial charge in [-0.3, -0.25) is 0 Å². The molecule has 1 fully saturated rings. The highest BCUT2D eigenvalue weighted by Gasteiger charge is 2.30. The summed E-state index contributed by atoms with van der Waals surface area (Å²) >= 11 is 0. The second kappa shape index (κ2) is 3.99. The van der Waals surface area contributed by atoms with Gasteiger partial charge in [-0.1, -0.05) is 6.42 Å². The molecule has 0 bridgehead atoms. The molecule has 88 valence electrons. The maximum atomic E-state index is 11.4. The molecule has 6 nitrogen and oxygen atoms in total. The molecule has 0 spiro atoms. The van der Waals surface area contributed by atoms with E-state index in [9.17, 15) is 13.2 Å². The molecule has 0 aromatic carbocycles. The van der Waals surface area contributed by atoms with Crippen molar-refractivity contribution in [3.63, 3.8) is 0 Å². The van der Waals surface area contributed by atoms with Gasteiger partial charge in [-0.05, 0) is 12.8 Å². The first-order valence-electron chi connectivity index (χ1n) is 5.01. The minimum atomic E-state index is -3.76. The van der Waals surface area contributed by atoms with Crippen molar-refractivity contribution in [2.75, 3.05) is 6.54 Å². The maximum Gasteiger partial charge on any atom is 0.338 e. The molecule has 1 saturated carbocycles. The van der Waals surface area contributed by atoms with Crippen molar-refractivity contribution in [1.82, 2.24) is 5.32 Å². The molecule has 0 unspecified atom stereocenters. The van der Waals surface area contributed by atoms with Gasteiger partial charge in [0.25, 0.3) is 10.0 Å². The van der Waals surface area contributed by atoms with Crippen molar-refractivity contribution < 1.29 is 18.3 Å². The van der Waals surface area contributed by atoms with Crippen LogP contribution in [0.1, 0.15) is 19.3 Å². The lowest BCUT2D eigenvalue weighted by Crippen LogP contribution is -2.37. The quantitative estimate of drug-likeness (QED) is 0.718. The fourth-order valence-electron chi connectivity index (χ4n) is 1.61. The van der Waals surface area contributed by atoms with Crippen LogP contribution < -0.4 is 5.32 Å². The van der Waals surface area contributed by atoms with Crippen LogP contribution in [0.2, 0.25) is 0 Å². The Morgan fingerprint density at radius 1 is 1.56 bits per heavy atom. The van der Waals surface area contributed by atoms with Crippen LogP contribution >= 0.6 is 0 Å². The van der Waals surface area contributed by atoms with Crippen LogP contribution in [0.3, 0.4) is 0 Å². The van der Waals surface area contributed by atoms with Gasteiger partial charge in [0, 0.05) is 12.6 Å². The third-order valence-corrected chi connectivity index (χ3v) is 4.19. The lowest BCUT2D eigenvalue weighted by molar-refractivity contribution is -0.132. The molecule has 1 aliphatic carbocycles. The number of hydrogen-bond donors (Lipinski definition) is 2. The van der Waals surface area contributed by atoms with Crippen LogP contribution in [0, 0.1) is 0 Å². The Bertz CT molecular complexity index is 474. The van der Waals surface area contributed by atoms with Crippen molar-refractivity contribution in [3.8, 4) is 0 Å². The van der Waals surface area contributed by atoms with E-state index in [1.54, 1.807) is 0 Å². The summed E-state index contributed by atoms with van der Waals surface area (Å²) < 4.78 is 26.1. The summed E-state index contributed by atoms with van der Waals surface area (Å²) in [4.78, 5) is 10.7. The number of nitrogens with one attached hydrogen (secondary N) is 1. The zero-order valence-electron chi connectivity index (χ0n) is 8.51. The van der Waals surface area contributed by atoms with Crippen LogP contribution in [0.4, 0.5) is 0 Å². The molecule has 0 amide bonds. The minimum Gasteiger partial charge on any atom is -0.478 e. The highest BCUT2D eigenvalue weighted by Crippen LogP contribution is 2.22. The van der Waals surface area contributed by atoms with Gasteiger partial charge in [0.05, 0.1) is 16.7 Å². The molecular weight excluding hydrogens is 232 g/mol. The molecule has 2 N–H and O–H groups in total. The van der Waals surface area contributed by atoms with E-state index in [4.69, 9.17) is 5.11 Å². The zero-order chi connectivity index (χ0) is 11.8. The SMILES string of the molecule is O=C(O)C1=C(CNC2CCC2)S(=O)(=O)N=C1. The Kier molecular flexibility index (Phi) is 2.81. The van der Waals surface area contributed by atoms with Gasteiger partial charge in [0.15, 0.2) is 0 Å². The molecule has 0 radical (unpaired) electrons.